The highest BCUT2D eigenvalue weighted by Gasteiger charge is 2.26. The monoisotopic (exact) mass is 217 g/mol. The largest absolute Gasteiger partial charge is 0.324 e. The summed E-state index contributed by atoms with van der Waals surface area (Å²) < 4.78 is 0. The van der Waals surface area contributed by atoms with Crippen LogP contribution in [0.4, 0.5) is 0 Å². The van der Waals surface area contributed by atoms with Crippen molar-refractivity contribution in [2.45, 2.75) is 53.0 Å². The molecule has 0 heterocycles. The van der Waals surface area contributed by atoms with Crippen LogP contribution in [0.3, 0.4) is 0 Å². The van der Waals surface area contributed by atoms with Gasteiger partial charge in [-0.3, -0.25) is 0 Å². The van der Waals surface area contributed by atoms with Crippen molar-refractivity contribution in [2.24, 2.45) is 11.7 Å². The molecule has 2 rings (SSSR count). The quantitative estimate of drug-likeness (QED) is 0.820. The van der Waals surface area contributed by atoms with Crippen LogP contribution >= 0.6 is 0 Å². The summed E-state index contributed by atoms with van der Waals surface area (Å²) in [7, 11) is 0. The molecule has 1 aliphatic rings. The van der Waals surface area contributed by atoms with Gasteiger partial charge in [-0.05, 0) is 67.9 Å². The number of nitrogens with two attached hydrogens (primary N) is 1. The van der Waals surface area contributed by atoms with Crippen LogP contribution < -0.4 is 5.73 Å². The zero-order valence-electron chi connectivity index (χ0n) is 10.9. The van der Waals surface area contributed by atoms with Gasteiger partial charge < -0.3 is 5.73 Å². The second kappa shape index (κ2) is 4.21. The summed E-state index contributed by atoms with van der Waals surface area (Å²) in [5, 5.41) is 0. The van der Waals surface area contributed by atoms with Crippen LogP contribution in [-0.2, 0) is 0 Å². The van der Waals surface area contributed by atoms with Gasteiger partial charge in [0.1, 0.15) is 0 Å². The van der Waals surface area contributed by atoms with Gasteiger partial charge in [0.25, 0.3) is 0 Å². The Morgan fingerprint density at radius 2 is 1.62 bits per heavy atom. The van der Waals surface area contributed by atoms with Crippen LogP contribution in [0.5, 0.6) is 0 Å². The van der Waals surface area contributed by atoms with Gasteiger partial charge in [-0.2, -0.15) is 0 Å². The Bertz CT molecular complexity index is 376. The first-order valence-corrected chi connectivity index (χ1v) is 6.33. The molecule has 0 aromatic heterocycles. The van der Waals surface area contributed by atoms with Crippen molar-refractivity contribution >= 4 is 0 Å². The van der Waals surface area contributed by atoms with Gasteiger partial charge in [0, 0.05) is 6.04 Å². The lowest BCUT2D eigenvalue weighted by atomic mass is 9.88. The minimum Gasteiger partial charge on any atom is -0.324 e. The zero-order chi connectivity index (χ0) is 11.9. The maximum Gasteiger partial charge on any atom is 0.0302 e. The van der Waals surface area contributed by atoms with E-state index in [9.17, 15) is 0 Å². The van der Waals surface area contributed by atoms with E-state index in [0.717, 1.165) is 5.92 Å². The molecular weight excluding hydrogens is 194 g/mol. The molecule has 0 bridgehead atoms. The van der Waals surface area contributed by atoms with Crippen molar-refractivity contribution in [3.05, 3.63) is 33.9 Å². The molecule has 1 unspecified atom stereocenters. The fraction of sp³-hybridized carbons (Fsp3) is 0.600. The third-order valence-corrected chi connectivity index (χ3v) is 4.08. The zero-order valence-corrected chi connectivity index (χ0v) is 10.9. The van der Waals surface area contributed by atoms with Crippen LogP contribution in [0.2, 0.25) is 0 Å². The van der Waals surface area contributed by atoms with Gasteiger partial charge in [-0.1, -0.05) is 18.9 Å². The maximum atomic E-state index is 6.38. The van der Waals surface area contributed by atoms with Crippen LogP contribution in [0.1, 0.15) is 53.1 Å². The Hall–Kier alpha value is -0.820. The summed E-state index contributed by atoms with van der Waals surface area (Å²) in [5.41, 5.74) is 13.3. The Morgan fingerprint density at radius 3 is 2.06 bits per heavy atom. The minimum absolute atomic E-state index is 0.242. The number of aryl methyl sites for hydroxylation is 2. The van der Waals surface area contributed by atoms with Crippen LogP contribution in [0.15, 0.2) is 6.07 Å². The van der Waals surface area contributed by atoms with Gasteiger partial charge in [0.05, 0.1) is 0 Å². The summed E-state index contributed by atoms with van der Waals surface area (Å²) >= 11 is 0. The molecule has 1 nitrogen and oxygen atoms in total. The van der Waals surface area contributed by atoms with Crippen molar-refractivity contribution in [2.75, 3.05) is 0 Å². The molecule has 2 N–H and O–H groups in total. The highest BCUT2D eigenvalue weighted by atomic mass is 14.6. The summed E-state index contributed by atoms with van der Waals surface area (Å²) in [4.78, 5) is 0. The molecule has 1 atom stereocenters. The first-order valence-electron chi connectivity index (χ1n) is 6.33. The lowest BCUT2D eigenvalue weighted by molar-refractivity contribution is 0.591. The number of rotatable bonds is 3. The number of benzene rings is 1. The summed E-state index contributed by atoms with van der Waals surface area (Å²) in [5.74, 6) is 0.898. The van der Waals surface area contributed by atoms with Gasteiger partial charge in [0.15, 0.2) is 0 Å². The van der Waals surface area contributed by atoms with E-state index in [1.807, 2.05) is 0 Å². The van der Waals surface area contributed by atoms with Crippen molar-refractivity contribution in [1.82, 2.24) is 0 Å². The van der Waals surface area contributed by atoms with Gasteiger partial charge in [0.2, 0.25) is 0 Å². The molecule has 1 aromatic carbocycles. The predicted molar refractivity (Wildman–Crippen MR) is 69.7 cm³/mol. The fourth-order valence-corrected chi connectivity index (χ4v) is 2.63. The Balaban J connectivity index is 2.36. The van der Waals surface area contributed by atoms with E-state index in [1.54, 1.807) is 0 Å². The molecule has 0 saturated heterocycles. The fourth-order valence-electron chi connectivity index (χ4n) is 2.63. The maximum absolute atomic E-state index is 6.38. The smallest absolute Gasteiger partial charge is 0.0302 e. The molecule has 0 spiro atoms. The molecule has 1 aliphatic carbocycles. The van der Waals surface area contributed by atoms with Crippen molar-refractivity contribution in [3.8, 4) is 0 Å². The van der Waals surface area contributed by atoms with Crippen LogP contribution in [0, 0.1) is 33.6 Å². The second-order valence-corrected chi connectivity index (χ2v) is 5.46. The Morgan fingerprint density at radius 1 is 1.12 bits per heavy atom. The second-order valence-electron chi connectivity index (χ2n) is 5.46. The lowest BCUT2D eigenvalue weighted by Gasteiger charge is -2.21. The van der Waals surface area contributed by atoms with Crippen LogP contribution in [-0.4, -0.2) is 0 Å². The minimum atomic E-state index is 0.242. The normalized spacial score (nSPS) is 17.6. The van der Waals surface area contributed by atoms with Gasteiger partial charge in [-0.15, -0.1) is 0 Å². The predicted octanol–water partition coefficient (Wildman–Crippen LogP) is 3.72. The average molecular weight is 217 g/mol. The topological polar surface area (TPSA) is 26.0 Å². The molecule has 1 fully saturated rings. The highest BCUT2D eigenvalue weighted by molar-refractivity contribution is 5.45. The number of hydrogen-bond donors (Lipinski definition) is 1. The van der Waals surface area contributed by atoms with E-state index in [0.29, 0.717) is 0 Å². The van der Waals surface area contributed by atoms with E-state index in [4.69, 9.17) is 5.73 Å². The van der Waals surface area contributed by atoms with E-state index in [2.05, 4.69) is 33.8 Å². The summed E-state index contributed by atoms with van der Waals surface area (Å²) in [6, 6.07) is 2.52. The molecule has 1 aromatic rings. The average Bonchev–Trinajstić information content (AvgIpc) is 2.99. The van der Waals surface area contributed by atoms with Gasteiger partial charge in [-0.25, -0.2) is 0 Å². The van der Waals surface area contributed by atoms with Crippen molar-refractivity contribution in [3.63, 3.8) is 0 Å². The van der Waals surface area contributed by atoms with E-state index in [-0.39, 0.29) is 6.04 Å². The van der Waals surface area contributed by atoms with E-state index in [1.165, 1.54) is 47.1 Å². The SMILES string of the molecule is Cc1cc(C)c(C)c(C(N)CC2CC2)c1C. The summed E-state index contributed by atoms with van der Waals surface area (Å²) in [6.45, 7) is 8.80. The summed E-state index contributed by atoms with van der Waals surface area (Å²) in [6.07, 6.45) is 3.94. The molecule has 0 radical (unpaired) electrons. The molecule has 1 saturated carbocycles. The van der Waals surface area contributed by atoms with Crippen molar-refractivity contribution < 1.29 is 0 Å². The third-order valence-electron chi connectivity index (χ3n) is 4.08. The van der Waals surface area contributed by atoms with E-state index >= 15 is 0 Å². The molecule has 16 heavy (non-hydrogen) atoms. The van der Waals surface area contributed by atoms with E-state index < -0.39 is 0 Å². The first kappa shape index (κ1) is 11.7. The lowest BCUT2D eigenvalue weighted by Crippen LogP contribution is -2.15. The van der Waals surface area contributed by atoms with Crippen LogP contribution in [0.25, 0.3) is 0 Å². The third kappa shape index (κ3) is 2.15. The van der Waals surface area contributed by atoms with Gasteiger partial charge >= 0.3 is 0 Å². The molecule has 1 heteroatoms. The standard InChI is InChI=1S/C15H23N/c1-9-7-10(2)12(4)15(11(9)3)14(16)8-13-5-6-13/h7,13-14H,5-6,8,16H2,1-4H3. The Kier molecular flexibility index (Phi) is 3.07. The van der Waals surface area contributed by atoms with Crippen molar-refractivity contribution in [1.29, 1.82) is 0 Å². The Labute approximate surface area is 99.0 Å². The molecular formula is C15H23N. The molecule has 88 valence electrons. The molecule has 0 amide bonds. The highest BCUT2D eigenvalue weighted by Crippen LogP contribution is 2.38. The number of hydrogen-bond acceptors (Lipinski definition) is 1. The molecule has 0 aliphatic heterocycles. The first-order chi connectivity index (χ1) is 7.50.